The second-order valence-corrected chi connectivity index (χ2v) is 5.37. The molecule has 0 amide bonds. The first kappa shape index (κ1) is 13.1. The van der Waals surface area contributed by atoms with E-state index in [4.69, 9.17) is 17.3 Å². The number of hydrogen-bond acceptors (Lipinski definition) is 4. The van der Waals surface area contributed by atoms with Crippen LogP contribution >= 0.6 is 27.5 Å². The van der Waals surface area contributed by atoms with Gasteiger partial charge in [0.1, 0.15) is 5.82 Å². The van der Waals surface area contributed by atoms with Gasteiger partial charge >= 0.3 is 0 Å². The van der Waals surface area contributed by atoms with Crippen molar-refractivity contribution < 1.29 is 0 Å². The first-order valence-electron chi connectivity index (χ1n) is 5.69. The fourth-order valence-electron chi connectivity index (χ4n) is 2.01. The van der Waals surface area contributed by atoms with Gasteiger partial charge < -0.3 is 10.6 Å². The van der Waals surface area contributed by atoms with E-state index in [1.54, 1.807) is 6.20 Å². The van der Waals surface area contributed by atoms with Crippen molar-refractivity contribution in [1.82, 2.24) is 9.88 Å². The molecule has 17 heavy (non-hydrogen) atoms. The van der Waals surface area contributed by atoms with E-state index in [0.29, 0.717) is 5.02 Å². The lowest BCUT2D eigenvalue weighted by Gasteiger charge is -2.35. The maximum absolute atomic E-state index is 5.89. The molecule has 94 valence electrons. The number of pyridine rings is 1. The highest BCUT2D eigenvalue weighted by Gasteiger charge is 2.19. The molecule has 0 atom stereocenters. The van der Waals surface area contributed by atoms with Crippen molar-refractivity contribution in [3.8, 4) is 0 Å². The zero-order valence-electron chi connectivity index (χ0n) is 9.57. The molecule has 0 radical (unpaired) electrons. The summed E-state index contributed by atoms with van der Waals surface area (Å²) in [6.45, 7) is 5.73. The minimum Gasteiger partial charge on any atom is -0.353 e. The molecule has 0 aromatic carbocycles. The molecule has 0 aliphatic carbocycles. The van der Waals surface area contributed by atoms with Crippen molar-refractivity contribution in [2.24, 2.45) is 5.73 Å². The van der Waals surface area contributed by atoms with Gasteiger partial charge in [-0.15, -0.1) is 0 Å². The van der Waals surface area contributed by atoms with E-state index in [2.05, 4.69) is 30.7 Å². The fourth-order valence-corrected chi connectivity index (χ4v) is 2.90. The monoisotopic (exact) mass is 318 g/mol. The molecule has 1 saturated heterocycles. The van der Waals surface area contributed by atoms with Crippen molar-refractivity contribution in [3.05, 3.63) is 21.8 Å². The normalized spacial score (nSPS) is 17.5. The number of nitrogens with zero attached hydrogens (tertiary/aromatic N) is 3. The summed E-state index contributed by atoms with van der Waals surface area (Å²) in [7, 11) is 0. The maximum atomic E-state index is 5.89. The predicted molar refractivity (Wildman–Crippen MR) is 74.7 cm³/mol. The van der Waals surface area contributed by atoms with Crippen LogP contribution in [0.5, 0.6) is 0 Å². The van der Waals surface area contributed by atoms with E-state index >= 15 is 0 Å². The Morgan fingerprint density at radius 1 is 1.35 bits per heavy atom. The van der Waals surface area contributed by atoms with Crippen molar-refractivity contribution >= 4 is 33.3 Å². The summed E-state index contributed by atoms with van der Waals surface area (Å²) in [6.07, 6.45) is 1.69. The Kier molecular flexibility index (Phi) is 4.62. The van der Waals surface area contributed by atoms with Gasteiger partial charge in [-0.2, -0.15) is 0 Å². The van der Waals surface area contributed by atoms with E-state index in [-0.39, 0.29) is 0 Å². The third-order valence-electron chi connectivity index (χ3n) is 2.91. The Morgan fingerprint density at radius 2 is 2.06 bits per heavy atom. The van der Waals surface area contributed by atoms with Crippen LogP contribution in [0.1, 0.15) is 0 Å². The summed E-state index contributed by atoms with van der Waals surface area (Å²) >= 11 is 9.39. The predicted octanol–water partition coefficient (Wildman–Crippen LogP) is 1.58. The van der Waals surface area contributed by atoms with Gasteiger partial charge in [-0.1, -0.05) is 11.6 Å². The Bertz CT molecular complexity index is 380. The molecule has 2 N–H and O–H groups in total. The summed E-state index contributed by atoms with van der Waals surface area (Å²) in [5.74, 6) is 0.974. The molecule has 1 aromatic rings. The Morgan fingerprint density at radius 3 is 2.65 bits per heavy atom. The molecule has 0 unspecified atom stereocenters. The van der Waals surface area contributed by atoms with Gasteiger partial charge in [-0.25, -0.2) is 4.98 Å². The van der Waals surface area contributed by atoms with Gasteiger partial charge in [0.05, 0.1) is 9.50 Å². The van der Waals surface area contributed by atoms with Crippen molar-refractivity contribution in [1.29, 1.82) is 0 Å². The molecule has 1 aliphatic heterocycles. The van der Waals surface area contributed by atoms with Crippen LogP contribution in [0, 0.1) is 0 Å². The highest BCUT2D eigenvalue weighted by atomic mass is 79.9. The SMILES string of the molecule is NCCN1CCN(c2ncc(Cl)cc2Br)CC1. The zero-order valence-corrected chi connectivity index (χ0v) is 11.9. The molecule has 0 saturated carbocycles. The summed E-state index contributed by atoms with van der Waals surface area (Å²) in [4.78, 5) is 9.02. The highest BCUT2D eigenvalue weighted by Crippen LogP contribution is 2.27. The maximum Gasteiger partial charge on any atom is 0.143 e. The molecule has 6 heteroatoms. The second-order valence-electron chi connectivity index (χ2n) is 4.08. The van der Waals surface area contributed by atoms with Crippen LogP contribution in [0.15, 0.2) is 16.7 Å². The van der Waals surface area contributed by atoms with Crippen LogP contribution in [0.3, 0.4) is 0 Å². The first-order chi connectivity index (χ1) is 8.20. The number of rotatable bonds is 3. The van der Waals surface area contributed by atoms with Gasteiger partial charge in [-0.05, 0) is 22.0 Å². The van der Waals surface area contributed by atoms with Crippen molar-refractivity contribution in [2.45, 2.75) is 0 Å². The topological polar surface area (TPSA) is 45.4 Å². The molecule has 1 fully saturated rings. The Balaban J connectivity index is 2.00. The average Bonchev–Trinajstić information content (AvgIpc) is 2.31. The van der Waals surface area contributed by atoms with Crippen molar-refractivity contribution in [3.63, 3.8) is 0 Å². The van der Waals surface area contributed by atoms with E-state index < -0.39 is 0 Å². The summed E-state index contributed by atoms with van der Waals surface area (Å²) in [5, 5.41) is 0.655. The lowest BCUT2D eigenvalue weighted by atomic mass is 10.3. The van der Waals surface area contributed by atoms with Crippen LogP contribution in [0.4, 0.5) is 5.82 Å². The summed E-state index contributed by atoms with van der Waals surface area (Å²) in [6, 6.07) is 1.89. The standard InChI is InChI=1S/C11H16BrClN4/c12-10-7-9(13)8-15-11(10)17-5-3-16(2-1-14)4-6-17/h7-8H,1-6,14H2. The molecule has 0 spiro atoms. The van der Waals surface area contributed by atoms with Gasteiger partial charge in [0, 0.05) is 45.5 Å². The smallest absolute Gasteiger partial charge is 0.143 e. The number of hydrogen-bond donors (Lipinski definition) is 1. The van der Waals surface area contributed by atoms with Gasteiger partial charge in [0.15, 0.2) is 0 Å². The molecule has 4 nitrogen and oxygen atoms in total. The van der Waals surface area contributed by atoms with E-state index in [1.165, 1.54) is 0 Å². The van der Waals surface area contributed by atoms with Gasteiger partial charge in [-0.3, -0.25) is 4.90 Å². The van der Waals surface area contributed by atoms with Crippen LogP contribution in [0.25, 0.3) is 0 Å². The minimum atomic E-state index is 0.655. The second kappa shape index (κ2) is 6.00. The molecule has 1 aliphatic rings. The van der Waals surface area contributed by atoms with Crippen LogP contribution < -0.4 is 10.6 Å². The highest BCUT2D eigenvalue weighted by molar-refractivity contribution is 9.10. The number of aromatic nitrogens is 1. The fraction of sp³-hybridized carbons (Fsp3) is 0.545. The number of halogens is 2. The molecule has 0 bridgehead atoms. The first-order valence-corrected chi connectivity index (χ1v) is 6.86. The molecule has 2 heterocycles. The molecular weight excluding hydrogens is 304 g/mol. The Hall–Kier alpha value is -0.360. The van der Waals surface area contributed by atoms with Gasteiger partial charge in [0.25, 0.3) is 0 Å². The third-order valence-corrected chi connectivity index (χ3v) is 3.70. The Labute approximate surface area is 115 Å². The average molecular weight is 320 g/mol. The number of piperazine rings is 1. The van der Waals surface area contributed by atoms with E-state index in [9.17, 15) is 0 Å². The summed E-state index contributed by atoms with van der Waals surface area (Å²) < 4.78 is 0.956. The zero-order chi connectivity index (χ0) is 12.3. The van der Waals surface area contributed by atoms with E-state index in [0.717, 1.165) is 49.6 Å². The van der Waals surface area contributed by atoms with Crippen LogP contribution in [0.2, 0.25) is 5.02 Å². The van der Waals surface area contributed by atoms with Crippen LogP contribution in [-0.2, 0) is 0 Å². The number of anilines is 1. The molecule has 2 rings (SSSR count). The van der Waals surface area contributed by atoms with Gasteiger partial charge in [0.2, 0.25) is 0 Å². The lowest BCUT2D eigenvalue weighted by Crippen LogP contribution is -2.48. The van der Waals surface area contributed by atoms with Crippen LogP contribution in [-0.4, -0.2) is 49.2 Å². The largest absolute Gasteiger partial charge is 0.353 e. The minimum absolute atomic E-state index is 0.655. The molecular formula is C11H16BrClN4. The van der Waals surface area contributed by atoms with Crippen molar-refractivity contribution in [2.75, 3.05) is 44.2 Å². The lowest BCUT2D eigenvalue weighted by molar-refractivity contribution is 0.264. The number of nitrogens with two attached hydrogens (primary N) is 1. The van der Waals surface area contributed by atoms with E-state index in [1.807, 2.05) is 6.07 Å². The molecule has 1 aromatic heterocycles. The quantitative estimate of drug-likeness (QED) is 0.919. The summed E-state index contributed by atoms with van der Waals surface area (Å²) in [5.41, 5.74) is 5.56. The third kappa shape index (κ3) is 3.31.